The molecule has 0 aromatic heterocycles. The van der Waals surface area contributed by atoms with Gasteiger partial charge in [-0.05, 0) is 29.8 Å². The number of hydrogen-bond acceptors (Lipinski definition) is 4. The molecule has 128 valence electrons. The van der Waals surface area contributed by atoms with Crippen molar-refractivity contribution in [2.45, 2.75) is 12.8 Å². The van der Waals surface area contributed by atoms with E-state index < -0.39 is 18.1 Å². The Labute approximate surface area is 144 Å². The normalized spacial score (nSPS) is 20.2. The molecule has 2 aromatic rings. The molecule has 0 saturated carbocycles. The predicted molar refractivity (Wildman–Crippen MR) is 89.4 cm³/mol. The quantitative estimate of drug-likeness (QED) is 0.856. The minimum Gasteiger partial charge on any atom is -0.336 e. The van der Waals surface area contributed by atoms with Gasteiger partial charge in [0, 0.05) is 18.8 Å². The first kappa shape index (κ1) is 15.6. The molecule has 0 radical (unpaired) electrons. The number of hydrazine groups is 1. The molecule has 1 atom stereocenters. The molecule has 2 heterocycles. The number of amides is 2. The van der Waals surface area contributed by atoms with E-state index in [-0.39, 0.29) is 12.4 Å². The number of fused-ring (bicyclic) bond motifs is 1. The van der Waals surface area contributed by atoms with Crippen LogP contribution in [0.1, 0.15) is 5.56 Å². The number of nitrogens with zero attached hydrogens (tertiary/aromatic N) is 3. The minimum atomic E-state index is -0.629. The van der Waals surface area contributed by atoms with Gasteiger partial charge in [0.15, 0.2) is 6.29 Å². The Kier molecular flexibility index (Phi) is 3.85. The predicted octanol–water partition coefficient (Wildman–Crippen LogP) is 1.30. The summed E-state index contributed by atoms with van der Waals surface area (Å²) in [4.78, 5) is 28.4. The van der Waals surface area contributed by atoms with E-state index in [1.807, 2.05) is 35.2 Å². The summed E-state index contributed by atoms with van der Waals surface area (Å²) < 4.78 is 13.4. The van der Waals surface area contributed by atoms with Gasteiger partial charge in [-0.3, -0.25) is 19.5 Å². The van der Waals surface area contributed by atoms with Gasteiger partial charge < -0.3 is 4.90 Å². The van der Waals surface area contributed by atoms with Crippen molar-refractivity contribution >= 4 is 17.5 Å². The third-order valence-corrected chi connectivity index (χ3v) is 4.45. The highest BCUT2D eigenvalue weighted by Crippen LogP contribution is 2.25. The lowest BCUT2D eigenvalue weighted by molar-refractivity contribution is -0.163. The van der Waals surface area contributed by atoms with Crippen molar-refractivity contribution in [2.24, 2.45) is 0 Å². The summed E-state index contributed by atoms with van der Waals surface area (Å²) in [6, 6.07) is 15.7. The maximum Gasteiger partial charge on any atom is 0.326 e. The highest BCUT2D eigenvalue weighted by molar-refractivity contribution is 6.35. The van der Waals surface area contributed by atoms with Crippen molar-refractivity contribution in [3.05, 3.63) is 66.0 Å². The highest BCUT2D eigenvalue weighted by atomic mass is 19.1. The van der Waals surface area contributed by atoms with E-state index in [1.54, 1.807) is 12.1 Å². The molecular formula is C18H17FN4O2. The van der Waals surface area contributed by atoms with Gasteiger partial charge in [-0.2, -0.15) is 5.43 Å². The van der Waals surface area contributed by atoms with E-state index in [4.69, 9.17) is 0 Å². The van der Waals surface area contributed by atoms with Crippen LogP contribution in [0.15, 0.2) is 54.6 Å². The zero-order valence-electron chi connectivity index (χ0n) is 13.4. The molecule has 2 aliphatic heterocycles. The van der Waals surface area contributed by atoms with Crippen molar-refractivity contribution in [3.8, 4) is 0 Å². The van der Waals surface area contributed by atoms with Crippen molar-refractivity contribution < 1.29 is 14.0 Å². The molecule has 1 N–H and O–H groups in total. The zero-order valence-corrected chi connectivity index (χ0v) is 13.4. The second-order valence-electron chi connectivity index (χ2n) is 6.05. The van der Waals surface area contributed by atoms with E-state index in [2.05, 4.69) is 5.43 Å². The SMILES string of the molecule is O=C1C(=O)N2CCN(c3ccccc3)C2NN1Cc1cccc(F)c1. The van der Waals surface area contributed by atoms with Crippen LogP contribution in [0, 0.1) is 5.82 Å². The van der Waals surface area contributed by atoms with E-state index in [1.165, 1.54) is 22.0 Å². The van der Waals surface area contributed by atoms with Gasteiger partial charge in [0.1, 0.15) is 5.82 Å². The number of halogens is 1. The van der Waals surface area contributed by atoms with Gasteiger partial charge in [0.25, 0.3) is 0 Å². The molecular weight excluding hydrogens is 323 g/mol. The summed E-state index contributed by atoms with van der Waals surface area (Å²) >= 11 is 0. The Morgan fingerprint density at radius 1 is 0.960 bits per heavy atom. The van der Waals surface area contributed by atoms with Crippen LogP contribution in [0.3, 0.4) is 0 Å². The first-order valence-corrected chi connectivity index (χ1v) is 8.08. The van der Waals surface area contributed by atoms with Crippen LogP contribution >= 0.6 is 0 Å². The first-order valence-electron chi connectivity index (χ1n) is 8.08. The second kappa shape index (κ2) is 6.18. The van der Waals surface area contributed by atoms with Crippen LogP contribution in [-0.2, 0) is 16.1 Å². The second-order valence-corrected chi connectivity index (χ2v) is 6.05. The lowest BCUT2D eigenvalue weighted by Gasteiger charge is -2.40. The maximum absolute atomic E-state index is 13.4. The van der Waals surface area contributed by atoms with Crippen LogP contribution in [-0.4, -0.2) is 41.1 Å². The van der Waals surface area contributed by atoms with Crippen LogP contribution in [0.2, 0.25) is 0 Å². The molecule has 0 aliphatic carbocycles. The van der Waals surface area contributed by atoms with E-state index >= 15 is 0 Å². The summed E-state index contributed by atoms with van der Waals surface area (Å²) in [7, 11) is 0. The monoisotopic (exact) mass is 340 g/mol. The summed E-state index contributed by atoms with van der Waals surface area (Å²) in [5.74, 6) is -1.55. The number of anilines is 1. The number of para-hydroxylation sites is 1. The summed E-state index contributed by atoms with van der Waals surface area (Å²) in [6.45, 7) is 1.23. The molecule has 4 rings (SSSR count). The molecule has 2 amide bonds. The zero-order chi connectivity index (χ0) is 17.4. The van der Waals surface area contributed by atoms with Gasteiger partial charge >= 0.3 is 11.8 Å². The molecule has 7 heteroatoms. The van der Waals surface area contributed by atoms with Crippen molar-refractivity contribution in [1.82, 2.24) is 15.3 Å². The largest absolute Gasteiger partial charge is 0.336 e. The van der Waals surface area contributed by atoms with Gasteiger partial charge in [-0.1, -0.05) is 30.3 Å². The third kappa shape index (κ3) is 2.83. The number of carbonyl (C=O) groups excluding carboxylic acids is 2. The van der Waals surface area contributed by atoms with Crippen molar-refractivity contribution in [1.29, 1.82) is 0 Å². The standard InChI is InChI=1S/C18H17FN4O2/c19-14-6-4-5-13(11-14)12-23-17(25)16(24)22-10-9-21(18(22)20-23)15-7-2-1-3-8-15/h1-8,11,18,20H,9-10,12H2. The highest BCUT2D eigenvalue weighted by Gasteiger charge is 2.45. The summed E-state index contributed by atoms with van der Waals surface area (Å²) in [5.41, 5.74) is 4.69. The summed E-state index contributed by atoms with van der Waals surface area (Å²) in [5, 5.41) is 1.26. The summed E-state index contributed by atoms with van der Waals surface area (Å²) in [6.07, 6.45) is -0.429. The van der Waals surface area contributed by atoms with E-state index in [0.717, 1.165) is 5.69 Å². The smallest absolute Gasteiger partial charge is 0.326 e. The fraction of sp³-hybridized carbons (Fsp3) is 0.222. The third-order valence-electron chi connectivity index (χ3n) is 4.45. The fourth-order valence-electron chi connectivity index (χ4n) is 3.24. The van der Waals surface area contributed by atoms with Crippen molar-refractivity contribution in [3.63, 3.8) is 0 Å². The maximum atomic E-state index is 13.4. The Morgan fingerprint density at radius 2 is 1.72 bits per heavy atom. The Balaban J connectivity index is 1.58. The number of nitrogens with one attached hydrogen (secondary N) is 1. The molecule has 2 aliphatic rings. The lowest BCUT2D eigenvalue weighted by atomic mass is 10.2. The van der Waals surface area contributed by atoms with E-state index in [9.17, 15) is 14.0 Å². The fourth-order valence-corrected chi connectivity index (χ4v) is 3.24. The number of benzene rings is 2. The Hall–Kier alpha value is -2.93. The van der Waals surface area contributed by atoms with E-state index in [0.29, 0.717) is 18.7 Å². The molecule has 2 fully saturated rings. The minimum absolute atomic E-state index is 0.120. The molecule has 0 spiro atoms. The molecule has 2 aromatic carbocycles. The molecule has 25 heavy (non-hydrogen) atoms. The van der Waals surface area contributed by atoms with Gasteiger partial charge in [-0.15, -0.1) is 0 Å². The number of carbonyl (C=O) groups is 2. The van der Waals surface area contributed by atoms with Crippen LogP contribution in [0.5, 0.6) is 0 Å². The number of rotatable bonds is 3. The Morgan fingerprint density at radius 3 is 2.48 bits per heavy atom. The van der Waals surface area contributed by atoms with Gasteiger partial charge in [0.05, 0.1) is 6.54 Å². The first-order chi connectivity index (χ1) is 12.1. The van der Waals surface area contributed by atoms with Crippen LogP contribution in [0.25, 0.3) is 0 Å². The Bertz CT molecular complexity index is 814. The lowest BCUT2D eigenvalue weighted by Crippen LogP contribution is -2.67. The number of hydrogen-bond donors (Lipinski definition) is 1. The molecule has 1 unspecified atom stereocenters. The molecule has 6 nitrogen and oxygen atoms in total. The van der Waals surface area contributed by atoms with Gasteiger partial charge in [0.2, 0.25) is 0 Å². The molecule has 0 bridgehead atoms. The van der Waals surface area contributed by atoms with Crippen LogP contribution < -0.4 is 10.3 Å². The average molecular weight is 340 g/mol. The average Bonchev–Trinajstić information content (AvgIpc) is 3.04. The van der Waals surface area contributed by atoms with Gasteiger partial charge in [-0.25, -0.2) is 4.39 Å². The van der Waals surface area contributed by atoms with Crippen molar-refractivity contribution in [2.75, 3.05) is 18.0 Å². The van der Waals surface area contributed by atoms with Crippen LogP contribution in [0.4, 0.5) is 10.1 Å². The topological polar surface area (TPSA) is 55.9 Å². The molecule has 2 saturated heterocycles.